The molecule has 0 unspecified atom stereocenters. The van der Waals surface area contributed by atoms with Gasteiger partial charge in [0.05, 0.1) is 5.92 Å². The summed E-state index contributed by atoms with van der Waals surface area (Å²) in [4.78, 5) is 24.4. The molecule has 140 valence electrons. The van der Waals surface area contributed by atoms with Gasteiger partial charge in [-0.2, -0.15) is 0 Å². The van der Waals surface area contributed by atoms with Crippen LogP contribution in [-0.2, 0) is 16.0 Å². The second-order valence-corrected chi connectivity index (χ2v) is 7.28. The van der Waals surface area contributed by atoms with Gasteiger partial charge < -0.3 is 14.8 Å². The summed E-state index contributed by atoms with van der Waals surface area (Å²) in [6.07, 6.45) is 3.53. The smallest absolute Gasteiger partial charge is 0.231 e. The number of hydrogen-bond acceptors (Lipinski definition) is 4. The van der Waals surface area contributed by atoms with E-state index in [2.05, 4.69) is 5.32 Å². The zero-order valence-electron chi connectivity index (χ0n) is 15.4. The normalized spacial score (nSPS) is 19.1. The van der Waals surface area contributed by atoms with E-state index in [0.717, 1.165) is 36.8 Å². The quantitative estimate of drug-likeness (QED) is 0.867. The molecule has 0 radical (unpaired) electrons. The van der Waals surface area contributed by atoms with E-state index >= 15 is 0 Å². The minimum atomic E-state index is -0.280. The van der Waals surface area contributed by atoms with Crippen molar-refractivity contribution in [3.05, 3.63) is 53.6 Å². The molecule has 2 aliphatic rings. The van der Waals surface area contributed by atoms with Crippen molar-refractivity contribution in [2.45, 2.75) is 38.5 Å². The summed E-state index contributed by atoms with van der Waals surface area (Å²) in [6, 6.07) is 13.4. The first-order chi connectivity index (χ1) is 13.1. The first kappa shape index (κ1) is 17.6. The molecule has 4 rings (SSSR count). The molecule has 1 aliphatic heterocycles. The molecule has 2 aromatic rings. The van der Waals surface area contributed by atoms with Crippen LogP contribution in [0.5, 0.6) is 11.5 Å². The van der Waals surface area contributed by atoms with Crippen molar-refractivity contribution < 1.29 is 19.1 Å². The summed E-state index contributed by atoms with van der Waals surface area (Å²) in [7, 11) is 0. The van der Waals surface area contributed by atoms with Crippen LogP contribution in [0.25, 0.3) is 0 Å². The number of carbonyl (C=O) groups is 2. The highest BCUT2D eigenvalue weighted by Crippen LogP contribution is 2.34. The second-order valence-electron chi connectivity index (χ2n) is 7.28. The molecule has 1 N–H and O–H groups in total. The van der Waals surface area contributed by atoms with Gasteiger partial charge in [-0.05, 0) is 49.4 Å². The Hall–Kier alpha value is -2.82. The molecule has 0 bridgehead atoms. The number of carbonyl (C=O) groups excluding carboxylic acids is 2. The third-order valence-electron chi connectivity index (χ3n) is 5.43. The van der Waals surface area contributed by atoms with Crippen LogP contribution in [0.3, 0.4) is 0 Å². The number of rotatable bonds is 5. The maximum atomic E-state index is 12.6. The largest absolute Gasteiger partial charge is 0.454 e. The third kappa shape index (κ3) is 3.82. The Kier molecular flexibility index (Phi) is 4.84. The van der Waals surface area contributed by atoms with E-state index in [1.165, 1.54) is 0 Å². The third-order valence-corrected chi connectivity index (χ3v) is 5.43. The fraction of sp³-hybridized carbons (Fsp3) is 0.364. The number of nitrogens with one attached hydrogen (secondary N) is 1. The summed E-state index contributed by atoms with van der Waals surface area (Å²) >= 11 is 0. The van der Waals surface area contributed by atoms with Crippen LogP contribution in [0.1, 0.15) is 43.2 Å². The lowest BCUT2D eigenvalue weighted by molar-refractivity contribution is -0.120. The van der Waals surface area contributed by atoms with Crippen LogP contribution >= 0.6 is 0 Å². The maximum Gasteiger partial charge on any atom is 0.231 e. The summed E-state index contributed by atoms with van der Waals surface area (Å²) in [5, 5.41) is 2.93. The minimum Gasteiger partial charge on any atom is -0.454 e. The summed E-state index contributed by atoms with van der Waals surface area (Å²) in [5.74, 6) is 1.53. The molecular weight excluding hydrogens is 342 g/mol. The van der Waals surface area contributed by atoms with Crippen LogP contribution in [0.2, 0.25) is 0 Å². The van der Waals surface area contributed by atoms with Crippen molar-refractivity contribution in [3.8, 4) is 11.5 Å². The van der Waals surface area contributed by atoms with E-state index in [4.69, 9.17) is 9.47 Å². The van der Waals surface area contributed by atoms with Crippen molar-refractivity contribution in [1.82, 2.24) is 0 Å². The number of hydrogen-bond donors (Lipinski definition) is 1. The highest BCUT2D eigenvalue weighted by atomic mass is 16.7. The van der Waals surface area contributed by atoms with Crippen LogP contribution in [0.15, 0.2) is 42.5 Å². The molecule has 5 nitrogen and oxygen atoms in total. The predicted octanol–water partition coefficient (Wildman–Crippen LogP) is 4.07. The molecule has 1 saturated carbocycles. The van der Waals surface area contributed by atoms with Crippen molar-refractivity contribution in [1.29, 1.82) is 0 Å². The molecule has 0 saturated heterocycles. The SMILES string of the molecule is C[C@H](C(=O)Nc1ccc2c(c1)OCO2)c1ccc(C[C@H]2CCCC2=O)cc1. The van der Waals surface area contributed by atoms with Gasteiger partial charge in [-0.15, -0.1) is 0 Å². The number of benzene rings is 2. The highest BCUT2D eigenvalue weighted by Gasteiger charge is 2.24. The Balaban J connectivity index is 1.39. The molecule has 2 atom stereocenters. The van der Waals surface area contributed by atoms with E-state index in [-0.39, 0.29) is 24.5 Å². The van der Waals surface area contributed by atoms with Gasteiger partial charge in [0.2, 0.25) is 12.7 Å². The molecule has 27 heavy (non-hydrogen) atoms. The summed E-state index contributed by atoms with van der Waals surface area (Å²) in [6.45, 7) is 2.10. The Morgan fingerprint density at radius 1 is 1.15 bits per heavy atom. The molecular formula is C22H23NO4. The second kappa shape index (κ2) is 7.43. The van der Waals surface area contributed by atoms with Crippen molar-refractivity contribution in [3.63, 3.8) is 0 Å². The van der Waals surface area contributed by atoms with E-state index in [0.29, 0.717) is 23.0 Å². The molecule has 0 aromatic heterocycles. The van der Waals surface area contributed by atoms with Crippen molar-refractivity contribution in [2.24, 2.45) is 5.92 Å². The van der Waals surface area contributed by atoms with E-state index < -0.39 is 0 Å². The Bertz CT molecular complexity index is 859. The number of amides is 1. The zero-order chi connectivity index (χ0) is 18.8. The number of Topliss-reactive ketones (excluding diaryl/α,β-unsaturated/α-hetero) is 1. The number of ether oxygens (including phenoxy) is 2. The molecule has 1 aliphatic carbocycles. The van der Waals surface area contributed by atoms with Gasteiger partial charge in [-0.25, -0.2) is 0 Å². The Morgan fingerprint density at radius 3 is 2.67 bits per heavy atom. The molecule has 5 heteroatoms. The summed E-state index contributed by atoms with van der Waals surface area (Å²) in [5.41, 5.74) is 2.80. The Labute approximate surface area is 158 Å². The molecule has 1 heterocycles. The maximum absolute atomic E-state index is 12.6. The van der Waals surface area contributed by atoms with Gasteiger partial charge in [-0.3, -0.25) is 9.59 Å². The fourth-order valence-corrected chi connectivity index (χ4v) is 3.71. The predicted molar refractivity (Wildman–Crippen MR) is 102 cm³/mol. The minimum absolute atomic E-state index is 0.0763. The molecule has 1 amide bonds. The number of anilines is 1. The average Bonchev–Trinajstić information content (AvgIpc) is 3.30. The van der Waals surface area contributed by atoms with Crippen molar-refractivity contribution in [2.75, 3.05) is 12.1 Å². The van der Waals surface area contributed by atoms with E-state index in [9.17, 15) is 9.59 Å². The zero-order valence-corrected chi connectivity index (χ0v) is 15.4. The Morgan fingerprint density at radius 2 is 1.93 bits per heavy atom. The first-order valence-corrected chi connectivity index (χ1v) is 9.42. The van der Waals surface area contributed by atoms with Gasteiger partial charge in [0.15, 0.2) is 11.5 Å². The van der Waals surface area contributed by atoms with E-state index in [1.807, 2.05) is 31.2 Å². The van der Waals surface area contributed by atoms with Gasteiger partial charge >= 0.3 is 0 Å². The average molecular weight is 365 g/mol. The molecule has 2 aromatic carbocycles. The van der Waals surface area contributed by atoms with Crippen LogP contribution in [0.4, 0.5) is 5.69 Å². The molecule has 0 spiro atoms. The lowest BCUT2D eigenvalue weighted by Crippen LogP contribution is -2.19. The van der Waals surface area contributed by atoms with Gasteiger partial charge in [0.25, 0.3) is 0 Å². The standard InChI is InChI=1S/C22H23NO4/c1-14(22(25)23-18-9-10-20-21(12-18)27-13-26-20)16-7-5-15(6-8-16)11-17-3-2-4-19(17)24/h5-10,12,14,17H,2-4,11,13H2,1H3,(H,23,25)/t14-,17+/m0/s1. The van der Waals surface area contributed by atoms with Gasteiger partial charge in [-0.1, -0.05) is 24.3 Å². The number of ketones is 1. The summed E-state index contributed by atoms with van der Waals surface area (Å²) < 4.78 is 10.6. The lowest BCUT2D eigenvalue weighted by atomic mass is 9.94. The van der Waals surface area contributed by atoms with Crippen molar-refractivity contribution >= 4 is 17.4 Å². The highest BCUT2D eigenvalue weighted by molar-refractivity contribution is 5.95. The van der Waals surface area contributed by atoms with Gasteiger partial charge in [0.1, 0.15) is 5.78 Å². The topological polar surface area (TPSA) is 64.6 Å². The molecule has 1 fully saturated rings. The number of fused-ring (bicyclic) bond motifs is 1. The lowest BCUT2D eigenvalue weighted by Gasteiger charge is -2.14. The van der Waals surface area contributed by atoms with Gasteiger partial charge in [0, 0.05) is 24.1 Å². The monoisotopic (exact) mass is 365 g/mol. The van der Waals surface area contributed by atoms with E-state index in [1.54, 1.807) is 18.2 Å². The van der Waals surface area contributed by atoms with Crippen LogP contribution in [0, 0.1) is 5.92 Å². The van der Waals surface area contributed by atoms with Crippen LogP contribution in [-0.4, -0.2) is 18.5 Å². The fourth-order valence-electron chi connectivity index (χ4n) is 3.71. The first-order valence-electron chi connectivity index (χ1n) is 9.42. The van der Waals surface area contributed by atoms with Crippen LogP contribution < -0.4 is 14.8 Å².